The van der Waals surface area contributed by atoms with Gasteiger partial charge in [0.2, 0.25) is 0 Å². The molecule has 0 radical (unpaired) electrons. The summed E-state index contributed by atoms with van der Waals surface area (Å²) in [7, 11) is 4.30. The van der Waals surface area contributed by atoms with Crippen LogP contribution in [-0.4, -0.2) is 49.6 Å². The molecule has 2 unspecified atom stereocenters. The molecule has 2 heteroatoms. The quantitative estimate of drug-likeness (QED) is 0.658. The summed E-state index contributed by atoms with van der Waals surface area (Å²) in [6.45, 7) is 8.49. The van der Waals surface area contributed by atoms with Gasteiger partial charge >= 0.3 is 0 Å². The zero-order valence-corrected chi connectivity index (χ0v) is 9.58. The lowest BCUT2D eigenvalue weighted by atomic mass is 9.92. The van der Waals surface area contributed by atoms with Crippen molar-refractivity contribution in [2.75, 3.05) is 33.7 Å². The molecule has 0 bridgehead atoms. The molecule has 0 aromatic rings. The van der Waals surface area contributed by atoms with Crippen molar-refractivity contribution in [1.29, 1.82) is 0 Å². The maximum atomic E-state index is 2.63. The second-order valence-corrected chi connectivity index (χ2v) is 4.70. The molecule has 2 nitrogen and oxygen atoms in total. The maximum absolute atomic E-state index is 2.63. The molecule has 0 amide bonds. The summed E-state index contributed by atoms with van der Waals surface area (Å²) in [5, 5.41) is 0. The van der Waals surface area contributed by atoms with Gasteiger partial charge in [0.25, 0.3) is 0 Å². The first kappa shape index (κ1) is 11.0. The normalized spacial score (nSPS) is 31.2. The lowest BCUT2D eigenvalue weighted by molar-refractivity contribution is 0.105. The number of likely N-dealkylation sites (N-methyl/N-ethyl adjacent to an activating group) is 1. The lowest BCUT2D eigenvalue weighted by Crippen LogP contribution is -2.45. The smallest absolute Gasteiger partial charge is 0.0112 e. The van der Waals surface area contributed by atoms with E-state index in [0.29, 0.717) is 0 Å². The van der Waals surface area contributed by atoms with Crippen LogP contribution in [0.5, 0.6) is 0 Å². The van der Waals surface area contributed by atoms with Crippen molar-refractivity contribution in [2.24, 2.45) is 5.92 Å². The van der Waals surface area contributed by atoms with Crippen molar-refractivity contribution >= 4 is 0 Å². The minimum absolute atomic E-state index is 0.786. The predicted molar refractivity (Wildman–Crippen MR) is 58.0 cm³/mol. The van der Waals surface area contributed by atoms with Crippen LogP contribution in [-0.2, 0) is 0 Å². The van der Waals surface area contributed by atoms with E-state index < -0.39 is 0 Å². The van der Waals surface area contributed by atoms with Gasteiger partial charge in [0.1, 0.15) is 0 Å². The first-order valence-electron chi connectivity index (χ1n) is 5.50. The minimum Gasteiger partial charge on any atom is -0.308 e. The van der Waals surface area contributed by atoms with Gasteiger partial charge < -0.3 is 4.90 Å². The number of hydrogen-bond donors (Lipinski definition) is 0. The molecule has 0 N–H and O–H groups in total. The molecule has 0 saturated carbocycles. The number of likely N-dealkylation sites (tertiary alicyclic amines) is 1. The third kappa shape index (κ3) is 3.28. The van der Waals surface area contributed by atoms with Gasteiger partial charge in [0.05, 0.1) is 0 Å². The Morgan fingerprint density at radius 2 is 2.00 bits per heavy atom. The van der Waals surface area contributed by atoms with E-state index in [0.717, 1.165) is 12.0 Å². The third-order valence-corrected chi connectivity index (χ3v) is 3.34. The summed E-state index contributed by atoms with van der Waals surface area (Å²) in [4.78, 5) is 4.90. The number of rotatable bonds is 3. The Morgan fingerprint density at radius 3 is 2.62 bits per heavy atom. The van der Waals surface area contributed by atoms with Crippen LogP contribution in [0.25, 0.3) is 0 Å². The van der Waals surface area contributed by atoms with Gasteiger partial charge in [-0.3, -0.25) is 4.90 Å². The Balaban J connectivity index is 2.31. The Labute approximate surface area is 82.9 Å². The van der Waals surface area contributed by atoms with Crippen LogP contribution in [0, 0.1) is 5.92 Å². The van der Waals surface area contributed by atoms with Crippen LogP contribution >= 0.6 is 0 Å². The van der Waals surface area contributed by atoms with Crippen molar-refractivity contribution in [1.82, 2.24) is 9.80 Å². The Kier molecular flexibility index (Phi) is 4.20. The van der Waals surface area contributed by atoms with Crippen LogP contribution in [0.15, 0.2) is 0 Å². The van der Waals surface area contributed by atoms with E-state index in [1.54, 1.807) is 0 Å². The minimum atomic E-state index is 0.786. The van der Waals surface area contributed by atoms with Crippen LogP contribution in [0.2, 0.25) is 0 Å². The van der Waals surface area contributed by atoms with Gasteiger partial charge in [-0.25, -0.2) is 0 Å². The van der Waals surface area contributed by atoms with E-state index in [9.17, 15) is 0 Å². The van der Waals surface area contributed by atoms with Crippen molar-refractivity contribution in [3.05, 3.63) is 0 Å². The molecule has 2 atom stereocenters. The molecule has 1 aliphatic heterocycles. The molecule has 1 aliphatic rings. The van der Waals surface area contributed by atoms with E-state index >= 15 is 0 Å². The van der Waals surface area contributed by atoms with Crippen molar-refractivity contribution in [3.8, 4) is 0 Å². The zero-order valence-electron chi connectivity index (χ0n) is 9.58. The topological polar surface area (TPSA) is 6.48 Å². The van der Waals surface area contributed by atoms with Crippen LogP contribution in [0.3, 0.4) is 0 Å². The fourth-order valence-electron chi connectivity index (χ4n) is 2.06. The molecule has 1 heterocycles. The van der Waals surface area contributed by atoms with E-state index in [1.807, 2.05) is 0 Å². The van der Waals surface area contributed by atoms with Crippen molar-refractivity contribution < 1.29 is 0 Å². The molecule has 1 rings (SSSR count). The second-order valence-electron chi connectivity index (χ2n) is 4.70. The molecule has 0 aromatic heterocycles. The Morgan fingerprint density at radius 1 is 1.31 bits per heavy atom. The van der Waals surface area contributed by atoms with E-state index in [2.05, 4.69) is 37.7 Å². The van der Waals surface area contributed by atoms with Gasteiger partial charge in [-0.1, -0.05) is 6.92 Å². The maximum Gasteiger partial charge on any atom is 0.0112 e. The summed E-state index contributed by atoms with van der Waals surface area (Å²) in [5.41, 5.74) is 0. The first-order valence-corrected chi connectivity index (χ1v) is 5.50. The standard InChI is InChI=1S/C11H24N2/c1-10-6-5-7-13(11(10)2)9-8-12(3)4/h10-11H,5-9H2,1-4H3. The van der Waals surface area contributed by atoms with Crippen LogP contribution < -0.4 is 0 Å². The summed E-state index contributed by atoms with van der Waals surface area (Å²) in [5.74, 6) is 0.885. The predicted octanol–water partition coefficient (Wildman–Crippen LogP) is 1.67. The third-order valence-electron chi connectivity index (χ3n) is 3.34. The molecule has 13 heavy (non-hydrogen) atoms. The molecule has 1 saturated heterocycles. The molecule has 1 fully saturated rings. The number of hydrogen-bond acceptors (Lipinski definition) is 2. The molecular weight excluding hydrogens is 160 g/mol. The van der Waals surface area contributed by atoms with Gasteiger partial charge in [-0.2, -0.15) is 0 Å². The molecule has 0 aromatic carbocycles. The monoisotopic (exact) mass is 184 g/mol. The average molecular weight is 184 g/mol. The Bertz CT molecular complexity index is 145. The fraction of sp³-hybridized carbons (Fsp3) is 1.00. The number of piperidine rings is 1. The van der Waals surface area contributed by atoms with Crippen molar-refractivity contribution in [2.45, 2.75) is 32.7 Å². The summed E-state index contributed by atoms with van der Waals surface area (Å²) in [6, 6.07) is 0.786. The SMILES string of the molecule is CC1CCCN(CCN(C)C)C1C. The summed E-state index contributed by atoms with van der Waals surface area (Å²) < 4.78 is 0. The summed E-state index contributed by atoms with van der Waals surface area (Å²) in [6.07, 6.45) is 2.80. The molecule has 0 spiro atoms. The molecule has 0 aliphatic carbocycles. The largest absolute Gasteiger partial charge is 0.308 e. The highest BCUT2D eigenvalue weighted by Crippen LogP contribution is 2.22. The van der Waals surface area contributed by atoms with Crippen LogP contribution in [0.1, 0.15) is 26.7 Å². The van der Waals surface area contributed by atoms with Gasteiger partial charge in [0, 0.05) is 19.1 Å². The Hall–Kier alpha value is -0.0800. The van der Waals surface area contributed by atoms with E-state index in [-0.39, 0.29) is 0 Å². The molecule has 78 valence electrons. The van der Waals surface area contributed by atoms with E-state index in [4.69, 9.17) is 0 Å². The van der Waals surface area contributed by atoms with Gasteiger partial charge in [-0.15, -0.1) is 0 Å². The van der Waals surface area contributed by atoms with E-state index in [1.165, 1.54) is 32.5 Å². The van der Waals surface area contributed by atoms with Crippen molar-refractivity contribution in [3.63, 3.8) is 0 Å². The highest BCUT2D eigenvalue weighted by atomic mass is 15.2. The van der Waals surface area contributed by atoms with Crippen LogP contribution in [0.4, 0.5) is 0 Å². The highest BCUT2D eigenvalue weighted by Gasteiger charge is 2.23. The second kappa shape index (κ2) is 4.97. The summed E-state index contributed by atoms with van der Waals surface area (Å²) >= 11 is 0. The van der Waals surface area contributed by atoms with Gasteiger partial charge in [0.15, 0.2) is 0 Å². The first-order chi connectivity index (χ1) is 6.11. The highest BCUT2D eigenvalue weighted by molar-refractivity contribution is 4.78. The van der Waals surface area contributed by atoms with Gasteiger partial charge in [-0.05, 0) is 46.3 Å². The number of nitrogens with zero attached hydrogens (tertiary/aromatic N) is 2. The lowest BCUT2D eigenvalue weighted by Gasteiger charge is -2.38. The molecular formula is C11H24N2. The fourth-order valence-corrected chi connectivity index (χ4v) is 2.06. The zero-order chi connectivity index (χ0) is 9.84. The average Bonchev–Trinajstić information content (AvgIpc) is 2.07.